The molecule has 1 unspecified atom stereocenters. The molecule has 3 aliphatic rings. The molecule has 1 atom stereocenters. The van der Waals surface area contributed by atoms with E-state index in [0.29, 0.717) is 28.2 Å². The number of pyridine rings is 1. The summed E-state index contributed by atoms with van der Waals surface area (Å²) in [4.78, 5) is 34.5. The van der Waals surface area contributed by atoms with Crippen molar-refractivity contribution in [2.24, 2.45) is 0 Å². The fourth-order valence-electron chi connectivity index (χ4n) is 7.53. The Balaban J connectivity index is 1.39. The normalized spacial score (nSPS) is 19.0. The molecular weight excluding hydrogens is 588 g/mol. The Hall–Kier alpha value is -3.17. The van der Waals surface area contributed by atoms with Crippen LogP contribution in [-0.4, -0.2) is 67.9 Å². The van der Waals surface area contributed by atoms with Crippen LogP contribution in [0.25, 0.3) is 11.1 Å². The van der Waals surface area contributed by atoms with Crippen molar-refractivity contribution < 1.29 is 14.3 Å². The van der Waals surface area contributed by atoms with E-state index in [9.17, 15) is 9.59 Å². The zero-order valence-corrected chi connectivity index (χ0v) is 27.7. The van der Waals surface area contributed by atoms with Crippen molar-refractivity contribution >= 4 is 23.2 Å². The van der Waals surface area contributed by atoms with E-state index < -0.39 is 0 Å². The Morgan fingerprint density at radius 1 is 1.04 bits per heavy atom. The quantitative estimate of drug-likeness (QED) is 0.323. The monoisotopic (exact) mass is 632 g/mol. The van der Waals surface area contributed by atoms with Crippen molar-refractivity contribution in [2.75, 3.05) is 51.0 Å². The van der Waals surface area contributed by atoms with Gasteiger partial charge in [-0.15, -0.1) is 0 Å². The molecule has 2 aromatic carbocycles. The highest BCUT2D eigenvalue weighted by Crippen LogP contribution is 2.43. The third-order valence-corrected chi connectivity index (χ3v) is 10.3. The van der Waals surface area contributed by atoms with Crippen LogP contribution in [0.15, 0.2) is 35.1 Å². The minimum absolute atomic E-state index is 0.120. The molecule has 2 N–H and O–H groups in total. The third-order valence-electron chi connectivity index (χ3n) is 9.91. The topological polar surface area (TPSA) is 86.9 Å². The minimum atomic E-state index is -0.281. The second kappa shape index (κ2) is 13.7. The number of aryl methyl sites for hydroxylation is 3. The van der Waals surface area contributed by atoms with Crippen LogP contribution in [0.1, 0.15) is 76.1 Å². The maximum absolute atomic E-state index is 14.0. The van der Waals surface area contributed by atoms with Gasteiger partial charge in [-0.05, 0) is 93.3 Å². The van der Waals surface area contributed by atoms with Crippen LogP contribution in [0.3, 0.4) is 0 Å². The average molecular weight is 633 g/mol. The zero-order valence-electron chi connectivity index (χ0n) is 26.9. The maximum atomic E-state index is 14.0. The number of benzene rings is 2. The van der Waals surface area contributed by atoms with E-state index in [-0.39, 0.29) is 18.0 Å². The first-order valence-electron chi connectivity index (χ1n) is 16.4. The van der Waals surface area contributed by atoms with Crippen LogP contribution in [0.4, 0.5) is 5.69 Å². The van der Waals surface area contributed by atoms with E-state index in [1.54, 1.807) is 0 Å². The van der Waals surface area contributed by atoms with Gasteiger partial charge < -0.3 is 24.7 Å². The number of aromatic nitrogens is 1. The number of carbonyl (C=O) groups is 1. The van der Waals surface area contributed by atoms with Crippen molar-refractivity contribution in [1.82, 2.24) is 15.2 Å². The van der Waals surface area contributed by atoms with E-state index in [1.807, 2.05) is 26.8 Å². The molecule has 0 saturated carbocycles. The second-order valence-corrected chi connectivity index (χ2v) is 13.0. The number of carbonyl (C=O) groups excluding carboxylic acids is 1. The van der Waals surface area contributed by atoms with E-state index >= 15 is 0 Å². The van der Waals surface area contributed by atoms with Gasteiger partial charge in [-0.25, -0.2) is 0 Å². The molecule has 9 heteroatoms. The van der Waals surface area contributed by atoms with Gasteiger partial charge in [0.25, 0.3) is 11.5 Å². The smallest absolute Gasteiger partial charge is 0.253 e. The molecule has 45 heavy (non-hydrogen) atoms. The van der Waals surface area contributed by atoms with Gasteiger partial charge in [0.1, 0.15) is 0 Å². The number of fused-ring (bicyclic) bond motifs is 1. The van der Waals surface area contributed by atoms with Gasteiger partial charge in [-0.2, -0.15) is 0 Å². The fraction of sp³-hybridized carbons (Fsp3) is 0.500. The molecule has 0 spiro atoms. The number of morpholine rings is 1. The lowest BCUT2D eigenvalue weighted by molar-refractivity contribution is 0.0164. The lowest BCUT2D eigenvalue weighted by Crippen LogP contribution is -2.40. The predicted octanol–water partition coefficient (Wildman–Crippen LogP) is 5.88. The number of hydrogen-bond donors (Lipinski definition) is 2. The van der Waals surface area contributed by atoms with Gasteiger partial charge in [0.2, 0.25) is 0 Å². The summed E-state index contributed by atoms with van der Waals surface area (Å²) in [6.07, 6.45) is 3.99. The first kappa shape index (κ1) is 31.8. The molecule has 3 aromatic rings. The van der Waals surface area contributed by atoms with Crippen molar-refractivity contribution in [3.05, 3.63) is 84.8 Å². The number of nitrogens with zero attached hydrogens (tertiary/aromatic N) is 2. The number of H-pyrrole nitrogens is 1. The van der Waals surface area contributed by atoms with Gasteiger partial charge >= 0.3 is 0 Å². The Morgan fingerprint density at radius 3 is 2.49 bits per heavy atom. The minimum Gasteiger partial charge on any atom is -0.381 e. The zero-order chi connectivity index (χ0) is 31.7. The lowest BCUT2D eigenvalue weighted by Gasteiger charge is -2.37. The summed E-state index contributed by atoms with van der Waals surface area (Å²) in [5.41, 5.74) is 8.93. The van der Waals surface area contributed by atoms with Crippen LogP contribution >= 0.6 is 11.6 Å². The van der Waals surface area contributed by atoms with Crippen LogP contribution in [0.5, 0.6) is 0 Å². The summed E-state index contributed by atoms with van der Waals surface area (Å²) >= 11 is 7.23. The number of hydrogen-bond acceptors (Lipinski definition) is 6. The van der Waals surface area contributed by atoms with Gasteiger partial charge in [0, 0.05) is 74.0 Å². The van der Waals surface area contributed by atoms with Gasteiger partial charge in [-0.3, -0.25) is 14.5 Å². The SMILES string of the molecule is CCN(c1cc(-c2ccc3c(c2)CCC3N2CCOCC2)c(Cl)c(C(=O)NCc2c(C)cc(C)[nH]c2=O)c1C)C1CCOCC1. The van der Waals surface area contributed by atoms with Gasteiger partial charge in [0.05, 0.1) is 23.8 Å². The second-order valence-electron chi connectivity index (χ2n) is 12.6. The standard InChI is InChI=1S/C36H45ClN4O4/c1-5-41(27-10-14-44-15-11-27)32-20-29(26-6-8-28-25(19-26)7-9-31(28)40-12-16-45-17-13-40)34(37)33(24(32)4)36(43)38-21-30-22(2)18-23(3)39-35(30)42/h6,8,18-20,27,31H,5,7,9-17,21H2,1-4H3,(H,38,43)(H,39,42). The molecule has 2 aliphatic heterocycles. The number of nitrogens with one attached hydrogen (secondary N) is 2. The molecule has 1 aromatic heterocycles. The molecule has 1 amide bonds. The summed E-state index contributed by atoms with van der Waals surface area (Å²) in [7, 11) is 0. The molecule has 8 nitrogen and oxygen atoms in total. The summed E-state index contributed by atoms with van der Waals surface area (Å²) in [5, 5.41) is 3.47. The average Bonchev–Trinajstić information content (AvgIpc) is 3.46. The van der Waals surface area contributed by atoms with Crippen molar-refractivity contribution in [2.45, 2.75) is 72.0 Å². The summed E-state index contributed by atoms with van der Waals surface area (Å²) in [6, 6.07) is 11.5. The van der Waals surface area contributed by atoms with Crippen LogP contribution in [0, 0.1) is 20.8 Å². The Labute approximate surface area is 271 Å². The first-order valence-corrected chi connectivity index (χ1v) is 16.7. The van der Waals surface area contributed by atoms with Crippen LogP contribution < -0.4 is 15.8 Å². The molecule has 0 radical (unpaired) electrons. The molecular formula is C36H45ClN4O4. The lowest BCUT2D eigenvalue weighted by atomic mass is 9.93. The highest BCUT2D eigenvalue weighted by molar-refractivity contribution is 6.37. The fourth-order valence-corrected chi connectivity index (χ4v) is 7.92. The van der Waals surface area contributed by atoms with E-state index in [4.69, 9.17) is 21.1 Å². The largest absolute Gasteiger partial charge is 0.381 e. The van der Waals surface area contributed by atoms with Crippen LogP contribution in [0.2, 0.25) is 5.02 Å². The number of ether oxygens (including phenoxy) is 2. The summed E-state index contributed by atoms with van der Waals surface area (Å²) < 4.78 is 11.3. The van der Waals surface area contributed by atoms with Crippen molar-refractivity contribution in [1.29, 1.82) is 0 Å². The van der Waals surface area contributed by atoms with E-state index in [2.05, 4.69) is 51.3 Å². The van der Waals surface area contributed by atoms with Crippen molar-refractivity contribution in [3.63, 3.8) is 0 Å². The summed E-state index contributed by atoms with van der Waals surface area (Å²) in [5.74, 6) is -0.281. The number of amides is 1. The predicted molar refractivity (Wildman–Crippen MR) is 180 cm³/mol. The maximum Gasteiger partial charge on any atom is 0.253 e. The van der Waals surface area contributed by atoms with Gasteiger partial charge in [0.15, 0.2) is 0 Å². The Bertz CT molecular complexity index is 1620. The molecule has 1 aliphatic carbocycles. The number of aromatic amines is 1. The Kier molecular flexibility index (Phi) is 9.66. The highest BCUT2D eigenvalue weighted by Gasteiger charge is 2.31. The molecule has 3 heterocycles. The van der Waals surface area contributed by atoms with E-state index in [0.717, 1.165) is 105 Å². The number of rotatable bonds is 8. The summed E-state index contributed by atoms with van der Waals surface area (Å²) in [6.45, 7) is 13.8. The molecule has 0 bridgehead atoms. The number of anilines is 1. The third kappa shape index (κ3) is 6.43. The highest BCUT2D eigenvalue weighted by atomic mass is 35.5. The number of halogens is 1. The molecule has 2 fully saturated rings. The van der Waals surface area contributed by atoms with Crippen molar-refractivity contribution in [3.8, 4) is 11.1 Å². The molecule has 6 rings (SSSR count). The van der Waals surface area contributed by atoms with E-state index in [1.165, 1.54) is 11.1 Å². The molecule has 2 saturated heterocycles. The first-order chi connectivity index (χ1) is 21.8. The Morgan fingerprint density at radius 2 is 1.78 bits per heavy atom. The molecule has 240 valence electrons. The van der Waals surface area contributed by atoms with Gasteiger partial charge in [-0.1, -0.05) is 29.8 Å². The van der Waals surface area contributed by atoms with Crippen LogP contribution in [-0.2, 0) is 22.4 Å².